The maximum absolute atomic E-state index is 5.94. The lowest BCUT2D eigenvalue weighted by Crippen LogP contribution is -2.34. The third-order valence-electron chi connectivity index (χ3n) is 5.13. The van der Waals surface area contributed by atoms with Crippen molar-refractivity contribution in [3.8, 4) is 5.75 Å². The van der Waals surface area contributed by atoms with E-state index in [9.17, 15) is 0 Å². The normalized spacial score (nSPS) is 16.2. The average molecular weight is 354 g/mol. The number of ether oxygens (including phenoxy) is 1. The Hall–Kier alpha value is -0.730. The molecule has 2 rings (SSSR count). The second-order valence-electron chi connectivity index (χ2n) is 7.35. The quantitative estimate of drug-likeness (QED) is 0.512. The zero-order valence-electron chi connectivity index (χ0n) is 15.8. The van der Waals surface area contributed by atoms with Gasteiger partial charge in [0, 0.05) is 0 Å². The molecule has 0 aliphatic carbocycles. The van der Waals surface area contributed by atoms with Crippen LogP contribution in [0.25, 0.3) is 0 Å². The maximum atomic E-state index is 5.94. The van der Waals surface area contributed by atoms with E-state index in [2.05, 4.69) is 49.9 Å². The first-order valence-electron chi connectivity index (χ1n) is 9.64. The van der Waals surface area contributed by atoms with E-state index in [1.54, 1.807) is 0 Å². The molecule has 1 saturated heterocycles. The summed E-state index contributed by atoms with van der Waals surface area (Å²) >= 11 is 0. The monoisotopic (exact) mass is 353 g/mol. The summed E-state index contributed by atoms with van der Waals surface area (Å²) in [7, 11) is 0. The molecule has 1 heterocycles. The number of nitrogens with zero attached hydrogens (tertiary/aromatic N) is 1. The first kappa shape index (κ1) is 21.3. The first-order valence-corrected chi connectivity index (χ1v) is 9.64. The molecular formula is C21H36ClNO. The summed E-state index contributed by atoms with van der Waals surface area (Å²) in [6, 6.07) is 8.61. The second kappa shape index (κ2) is 11.8. The van der Waals surface area contributed by atoms with Gasteiger partial charge in [-0.05, 0) is 74.8 Å². The molecule has 0 unspecified atom stereocenters. The molecule has 0 N–H and O–H groups in total. The van der Waals surface area contributed by atoms with Gasteiger partial charge in [-0.25, -0.2) is 0 Å². The predicted molar refractivity (Wildman–Crippen MR) is 107 cm³/mol. The standard InChI is InChI=1S/C21H35NO.ClH/c1-4-5-6-14-22-15-11-19(12-16-22)13-17-23-21-9-7-20(8-10-21)18(2)3;/h7-10,18-19H,4-6,11-17H2,1-3H3;1H. The van der Waals surface area contributed by atoms with Crippen molar-refractivity contribution in [1.29, 1.82) is 0 Å². The van der Waals surface area contributed by atoms with E-state index in [-0.39, 0.29) is 12.4 Å². The lowest BCUT2D eigenvalue weighted by molar-refractivity contribution is 0.161. The molecule has 0 spiro atoms. The Morgan fingerprint density at radius 1 is 1.08 bits per heavy atom. The SMILES string of the molecule is CCCCCN1CCC(CCOc2ccc(C(C)C)cc2)CC1.Cl. The van der Waals surface area contributed by atoms with Crippen molar-refractivity contribution in [1.82, 2.24) is 4.90 Å². The van der Waals surface area contributed by atoms with E-state index < -0.39 is 0 Å². The maximum Gasteiger partial charge on any atom is 0.119 e. The topological polar surface area (TPSA) is 12.5 Å². The summed E-state index contributed by atoms with van der Waals surface area (Å²) in [5.74, 6) is 2.46. The van der Waals surface area contributed by atoms with Crippen LogP contribution in [0.5, 0.6) is 5.75 Å². The van der Waals surface area contributed by atoms with Crippen molar-refractivity contribution in [3.05, 3.63) is 29.8 Å². The fourth-order valence-corrected chi connectivity index (χ4v) is 3.38. The van der Waals surface area contributed by atoms with Crippen LogP contribution >= 0.6 is 12.4 Å². The Kier molecular flexibility index (Phi) is 10.4. The van der Waals surface area contributed by atoms with Crippen molar-refractivity contribution in [3.63, 3.8) is 0 Å². The van der Waals surface area contributed by atoms with E-state index in [4.69, 9.17) is 4.74 Å². The smallest absolute Gasteiger partial charge is 0.119 e. The zero-order valence-corrected chi connectivity index (χ0v) is 16.6. The van der Waals surface area contributed by atoms with Gasteiger partial charge >= 0.3 is 0 Å². The van der Waals surface area contributed by atoms with Crippen LogP contribution in [0.4, 0.5) is 0 Å². The van der Waals surface area contributed by atoms with Crippen molar-refractivity contribution < 1.29 is 4.74 Å². The third-order valence-corrected chi connectivity index (χ3v) is 5.13. The molecule has 0 saturated carbocycles. The predicted octanol–water partition coefficient (Wildman–Crippen LogP) is 5.90. The summed E-state index contributed by atoms with van der Waals surface area (Å²) in [5.41, 5.74) is 1.38. The number of unbranched alkanes of at least 4 members (excludes halogenated alkanes) is 2. The summed E-state index contributed by atoms with van der Waals surface area (Å²) in [4.78, 5) is 2.65. The fourth-order valence-electron chi connectivity index (χ4n) is 3.38. The van der Waals surface area contributed by atoms with Gasteiger partial charge in [0.05, 0.1) is 6.61 Å². The van der Waals surface area contributed by atoms with Crippen molar-refractivity contribution in [2.45, 2.75) is 65.2 Å². The van der Waals surface area contributed by atoms with E-state index in [0.29, 0.717) is 5.92 Å². The highest BCUT2D eigenvalue weighted by molar-refractivity contribution is 5.85. The minimum Gasteiger partial charge on any atom is -0.494 e. The number of rotatable bonds is 9. The Balaban J connectivity index is 0.00000288. The molecule has 0 atom stereocenters. The molecule has 1 fully saturated rings. The summed E-state index contributed by atoms with van der Waals surface area (Å²) in [5, 5.41) is 0. The van der Waals surface area contributed by atoms with Gasteiger partial charge < -0.3 is 9.64 Å². The molecule has 2 nitrogen and oxygen atoms in total. The van der Waals surface area contributed by atoms with E-state index in [0.717, 1.165) is 18.3 Å². The molecule has 0 radical (unpaired) electrons. The fraction of sp³-hybridized carbons (Fsp3) is 0.714. The molecule has 0 aromatic heterocycles. The molecule has 1 aliphatic heterocycles. The number of benzene rings is 1. The van der Waals surface area contributed by atoms with Crippen LogP contribution in [-0.2, 0) is 0 Å². The number of likely N-dealkylation sites (tertiary alicyclic amines) is 1. The zero-order chi connectivity index (χ0) is 16.5. The Labute approximate surface area is 155 Å². The highest BCUT2D eigenvalue weighted by Gasteiger charge is 2.18. The van der Waals surface area contributed by atoms with Gasteiger partial charge in [0.25, 0.3) is 0 Å². The van der Waals surface area contributed by atoms with Crippen LogP contribution in [0.15, 0.2) is 24.3 Å². The van der Waals surface area contributed by atoms with Crippen LogP contribution in [0.1, 0.15) is 70.8 Å². The molecule has 0 bridgehead atoms. The van der Waals surface area contributed by atoms with Gasteiger partial charge in [0.2, 0.25) is 0 Å². The van der Waals surface area contributed by atoms with E-state index >= 15 is 0 Å². The van der Waals surface area contributed by atoms with Crippen LogP contribution in [-0.4, -0.2) is 31.1 Å². The van der Waals surface area contributed by atoms with Crippen molar-refractivity contribution in [2.75, 3.05) is 26.2 Å². The molecule has 3 heteroatoms. The third kappa shape index (κ3) is 7.44. The lowest BCUT2D eigenvalue weighted by Gasteiger charge is -2.31. The number of piperidine rings is 1. The van der Waals surface area contributed by atoms with E-state index in [1.165, 1.54) is 63.7 Å². The minimum absolute atomic E-state index is 0. The molecule has 24 heavy (non-hydrogen) atoms. The Morgan fingerprint density at radius 3 is 2.33 bits per heavy atom. The highest BCUT2D eigenvalue weighted by Crippen LogP contribution is 2.22. The summed E-state index contributed by atoms with van der Waals surface area (Å²) in [6.45, 7) is 11.5. The Bertz CT molecular complexity index is 424. The van der Waals surface area contributed by atoms with Crippen molar-refractivity contribution >= 4 is 12.4 Å². The molecule has 1 aliphatic rings. The average Bonchev–Trinajstić information content (AvgIpc) is 2.57. The molecule has 1 aromatic carbocycles. The number of halogens is 1. The van der Waals surface area contributed by atoms with Crippen LogP contribution in [0.3, 0.4) is 0 Å². The molecule has 0 amide bonds. The van der Waals surface area contributed by atoms with Gasteiger partial charge in [-0.15, -0.1) is 12.4 Å². The van der Waals surface area contributed by atoms with Crippen LogP contribution in [0.2, 0.25) is 0 Å². The van der Waals surface area contributed by atoms with Gasteiger partial charge in [-0.3, -0.25) is 0 Å². The summed E-state index contributed by atoms with van der Waals surface area (Å²) < 4.78 is 5.94. The molecule has 1 aromatic rings. The lowest BCUT2D eigenvalue weighted by atomic mass is 9.94. The Morgan fingerprint density at radius 2 is 1.75 bits per heavy atom. The van der Waals surface area contributed by atoms with Gasteiger partial charge in [-0.1, -0.05) is 45.7 Å². The van der Waals surface area contributed by atoms with Gasteiger partial charge in [0.1, 0.15) is 5.75 Å². The van der Waals surface area contributed by atoms with Crippen LogP contribution in [0, 0.1) is 5.92 Å². The number of hydrogen-bond acceptors (Lipinski definition) is 2. The first-order chi connectivity index (χ1) is 11.2. The van der Waals surface area contributed by atoms with Gasteiger partial charge in [-0.2, -0.15) is 0 Å². The van der Waals surface area contributed by atoms with Crippen molar-refractivity contribution in [2.24, 2.45) is 5.92 Å². The van der Waals surface area contributed by atoms with Gasteiger partial charge in [0.15, 0.2) is 0 Å². The molecular weight excluding hydrogens is 318 g/mol. The number of hydrogen-bond donors (Lipinski definition) is 0. The minimum atomic E-state index is 0. The van der Waals surface area contributed by atoms with E-state index in [1.807, 2.05) is 0 Å². The molecule has 138 valence electrons. The second-order valence-corrected chi connectivity index (χ2v) is 7.35. The largest absolute Gasteiger partial charge is 0.494 e. The summed E-state index contributed by atoms with van der Waals surface area (Å²) in [6.07, 6.45) is 7.98. The highest BCUT2D eigenvalue weighted by atomic mass is 35.5. The van der Waals surface area contributed by atoms with Crippen LogP contribution < -0.4 is 4.74 Å².